The molecule has 1 rings (SSSR count). The molecule has 0 aromatic rings. The predicted octanol–water partition coefficient (Wildman–Crippen LogP) is 2.62. The molecule has 1 aliphatic rings. The lowest BCUT2D eigenvalue weighted by Gasteiger charge is -2.27. The first-order chi connectivity index (χ1) is 8.52. The van der Waals surface area contributed by atoms with E-state index in [-0.39, 0.29) is 0 Å². The molecule has 1 N–H and O–H groups in total. The first-order valence-electron chi connectivity index (χ1n) is 7.46. The van der Waals surface area contributed by atoms with Gasteiger partial charge in [0.05, 0.1) is 11.5 Å². The van der Waals surface area contributed by atoms with Gasteiger partial charge >= 0.3 is 0 Å². The largest absolute Gasteiger partial charge is 0.314 e. The van der Waals surface area contributed by atoms with E-state index in [0.29, 0.717) is 23.5 Å². The highest BCUT2D eigenvalue weighted by Gasteiger charge is 2.33. The third kappa shape index (κ3) is 4.88. The van der Waals surface area contributed by atoms with Crippen LogP contribution in [-0.2, 0) is 9.84 Å². The van der Waals surface area contributed by atoms with Crippen molar-refractivity contribution in [3.05, 3.63) is 0 Å². The maximum Gasteiger partial charge on any atom is 0.150 e. The first-order valence-corrected chi connectivity index (χ1v) is 9.28. The lowest BCUT2D eigenvalue weighted by atomic mass is 9.87. The summed E-state index contributed by atoms with van der Waals surface area (Å²) in [7, 11) is -2.75. The van der Waals surface area contributed by atoms with Crippen molar-refractivity contribution in [2.24, 2.45) is 11.8 Å². The fraction of sp³-hybridized carbons (Fsp3) is 1.00. The van der Waals surface area contributed by atoms with E-state index >= 15 is 0 Å². The minimum atomic E-state index is -2.75. The van der Waals surface area contributed by atoms with Crippen LogP contribution in [0.15, 0.2) is 0 Å². The van der Waals surface area contributed by atoms with E-state index in [1.54, 1.807) is 0 Å². The Kier molecular flexibility index (Phi) is 6.64. The molecule has 0 aliphatic carbocycles. The minimum Gasteiger partial charge on any atom is -0.314 e. The molecular weight excluding hydrogens is 246 g/mol. The van der Waals surface area contributed by atoms with Gasteiger partial charge in [0.2, 0.25) is 0 Å². The summed E-state index contributed by atoms with van der Waals surface area (Å²) in [5, 5.41) is 3.58. The Morgan fingerprint density at radius 2 is 1.89 bits per heavy atom. The fourth-order valence-electron chi connectivity index (χ4n) is 2.89. The molecule has 2 atom stereocenters. The fourth-order valence-corrected chi connectivity index (χ4v) is 4.77. The molecule has 3 nitrogen and oxygen atoms in total. The number of rotatable bonds is 8. The maximum atomic E-state index is 11.6. The molecule has 0 aromatic heterocycles. The standard InChI is InChI=1S/C14H29NO2S/c1-4-8-15-14(10-12(5-2)6-3)13-7-9-18(16,17)11-13/h12-15H,4-11H2,1-3H3. The summed E-state index contributed by atoms with van der Waals surface area (Å²) in [5.74, 6) is 1.85. The molecule has 0 saturated carbocycles. The van der Waals surface area contributed by atoms with Gasteiger partial charge in [0.25, 0.3) is 0 Å². The quantitative estimate of drug-likeness (QED) is 0.740. The second-order valence-corrected chi connectivity index (χ2v) is 7.87. The zero-order valence-electron chi connectivity index (χ0n) is 12.1. The average molecular weight is 275 g/mol. The number of hydrogen-bond donors (Lipinski definition) is 1. The van der Waals surface area contributed by atoms with Crippen molar-refractivity contribution in [2.45, 2.75) is 58.9 Å². The van der Waals surface area contributed by atoms with Crippen molar-refractivity contribution < 1.29 is 8.42 Å². The summed E-state index contributed by atoms with van der Waals surface area (Å²) >= 11 is 0. The zero-order valence-corrected chi connectivity index (χ0v) is 12.9. The van der Waals surface area contributed by atoms with Crippen LogP contribution in [0.25, 0.3) is 0 Å². The number of hydrogen-bond acceptors (Lipinski definition) is 3. The van der Waals surface area contributed by atoms with Crippen LogP contribution >= 0.6 is 0 Å². The third-order valence-electron chi connectivity index (χ3n) is 4.24. The second-order valence-electron chi connectivity index (χ2n) is 5.64. The van der Waals surface area contributed by atoms with E-state index in [9.17, 15) is 8.42 Å². The van der Waals surface area contributed by atoms with E-state index in [4.69, 9.17) is 0 Å². The monoisotopic (exact) mass is 275 g/mol. The lowest BCUT2D eigenvalue weighted by molar-refractivity contribution is 0.298. The Hall–Kier alpha value is -0.0900. The van der Waals surface area contributed by atoms with E-state index in [2.05, 4.69) is 26.1 Å². The van der Waals surface area contributed by atoms with Gasteiger partial charge in [0.15, 0.2) is 9.84 Å². The summed E-state index contributed by atoms with van der Waals surface area (Å²) in [6.07, 6.45) is 5.48. The van der Waals surface area contributed by atoms with Gasteiger partial charge in [-0.25, -0.2) is 8.42 Å². The van der Waals surface area contributed by atoms with Crippen molar-refractivity contribution in [3.63, 3.8) is 0 Å². The van der Waals surface area contributed by atoms with Crippen LogP contribution in [0, 0.1) is 11.8 Å². The van der Waals surface area contributed by atoms with Crippen molar-refractivity contribution in [1.29, 1.82) is 0 Å². The highest BCUT2D eigenvalue weighted by molar-refractivity contribution is 7.91. The molecule has 0 spiro atoms. The third-order valence-corrected chi connectivity index (χ3v) is 6.03. The molecule has 0 bridgehead atoms. The Bertz CT molecular complexity index is 323. The Labute approximate surface area is 113 Å². The van der Waals surface area contributed by atoms with Crippen LogP contribution < -0.4 is 5.32 Å². The van der Waals surface area contributed by atoms with Gasteiger partial charge in [-0.15, -0.1) is 0 Å². The molecule has 0 amide bonds. The van der Waals surface area contributed by atoms with Crippen LogP contribution in [0.2, 0.25) is 0 Å². The predicted molar refractivity (Wildman–Crippen MR) is 77.5 cm³/mol. The normalized spacial score (nSPS) is 24.6. The smallest absolute Gasteiger partial charge is 0.150 e. The zero-order chi connectivity index (χ0) is 13.6. The number of sulfone groups is 1. The summed E-state index contributed by atoms with van der Waals surface area (Å²) in [6, 6.07) is 0.395. The molecule has 4 heteroatoms. The van der Waals surface area contributed by atoms with Gasteiger partial charge < -0.3 is 5.32 Å². The molecule has 18 heavy (non-hydrogen) atoms. The Morgan fingerprint density at radius 3 is 2.33 bits per heavy atom. The molecule has 2 unspecified atom stereocenters. The number of nitrogens with one attached hydrogen (secondary N) is 1. The average Bonchev–Trinajstić information content (AvgIpc) is 2.70. The lowest BCUT2D eigenvalue weighted by Crippen LogP contribution is -2.39. The summed E-state index contributed by atoms with van der Waals surface area (Å²) in [5.41, 5.74) is 0. The SMILES string of the molecule is CCCNC(CC(CC)CC)C1CCS(=O)(=O)C1. The van der Waals surface area contributed by atoms with Gasteiger partial charge in [-0.2, -0.15) is 0 Å². The van der Waals surface area contributed by atoms with Crippen LogP contribution in [-0.4, -0.2) is 32.5 Å². The van der Waals surface area contributed by atoms with Crippen LogP contribution in [0.5, 0.6) is 0 Å². The van der Waals surface area contributed by atoms with Crippen molar-refractivity contribution in [1.82, 2.24) is 5.32 Å². The highest BCUT2D eigenvalue weighted by atomic mass is 32.2. The van der Waals surface area contributed by atoms with Crippen molar-refractivity contribution in [2.75, 3.05) is 18.1 Å². The van der Waals surface area contributed by atoms with E-state index < -0.39 is 9.84 Å². The van der Waals surface area contributed by atoms with Crippen LogP contribution in [0.4, 0.5) is 0 Å². The van der Waals surface area contributed by atoms with Crippen LogP contribution in [0.1, 0.15) is 52.9 Å². The van der Waals surface area contributed by atoms with Crippen molar-refractivity contribution >= 4 is 9.84 Å². The van der Waals surface area contributed by atoms with E-state index in [1.165, 1.54) is 12.8 Å². The molecular formula is C14H29NO2S. The Morgan fingerprint density at radius 1 is 1.22 bits per heavy atom. The maximum absolute atomic E-state index is 11.6. The molecule has 1 aliphatic heterocycles. The molecule has 0 aromatic carbocycles. The van der Waals surface area contributed by atoms with Gasteiger partial charge in [-0.1, -0.05) is 33.6 Å². The molecule has 1 fully saturated rings. The first kappa shape index (κ1) is 16.0. The summed E-state index contributed by atoms with van der Waals surface area (Å²) in [4.78, 5) is 0. The topological polar surface area (TPSA) is 46.2 Å². The molecule has 1 heterocycles. The van der Waals surface area contributed by atoms with Gasteiger partial charge in [-0.3, -0.25) is 0 Å². The summed E-state index contributed by atoms with van der Waals surface area (Å²) in [6.45, 7) is 7.63. The van der Waals surface area contributed by atoms with E-state index in [0.717, 1.165) is 31.7 Å². The van der Waals surface area contributed by atoms with Gasteiger partial charge in [0, 0.05) is 6.04 Å². The minimum absolute atomic E-state index is 0.335. The second kappa shape index (κ2) is 7.49. The molecule has 1 saturated heterocycles. The highest BCUT2D eigenvalue weighted by Crippen LogP contribution is 2.27. The van der Waals surface area contributed by atoms with Gasteiger partial charge in [0.1, 0.15) is 0 Å². The van der Waals surface area contributed by atoms with Crippen LogP contribution in [0.3, 0.4) is 0 Å². The van der Waals surface area contributed by atoms with Gasteiger partial charge in [-0.05, 0) is 37.6 Å². The molecule has 108 valence electrons. The van der Waals surface area contributed by atoms with Crippen molar-refractivity contribution in [3.8, 4) is 0 Å². The molecule has 0 radical (unpaired) electrons. The van der Waals surface area contributed by atoms with E-state index in [1.807, 2.05) is 0 Å². The Balaban J connectivity index is 2.60. The summed E-state index contributed by atoms with van der Waals surface area (Å²) < 4.78 is 23.2.